The fraction of sp³-hybridized carbons (Fsp3) is 0. The average Bonchev–Trinajstić information content (AvgIpc) is 2.48. The molecular formula is C15H12N4O. The lowest BCUT2D eigenvalue weighted by Gasteiger charge is -2.09. The number of pyridine rings is 2. The Labute approximate surface area is 115 Å². The third kappa shape index (κ3) is 2.16. The van der Waals surface area contributed by atoms with E-state index in [1.54, 1.807) is 18.5 Å². The van der Waals surface area contributed by atoms with Gasteiger partial charge in [-0.2, -0.15) is 0 Å². The van der Waals surface area contributed by atoms with Crippen LogP contribution in [0.5, 0.6) is 0 Å². The molecule has 0 aliphatic heterocycles. The van der Waals surface area contributed by atoms with Crippen molar-refractivity contribution in [2.75, 3.05) is 11.1 Å². The molecule has 0 fully saturated rings. The molecule has 0 bridgehead atoms. The van der Waals surface area contributed by atoms with Crippen LogP contribution in [-0.4, -0.2) is 15.9 Å². The summed E-state index contributed by atoms with van der Waals surface area (Å²) in [7, 11) is 0. The first kappa shape index (κ1) is 12.1. The highest BCUT2D eigenvalue weighted by Crippen LogP contribution is 2.23. The molecule has 0 saturated heterocycles. The van der Waals surface area contributed by atoms with Crippen LogP contribution in [0.25, 0.3) is 10.8 Å². The minimum absolute atomic E-state index is 0.263. The smallest absolute Gasteiger partial charge is 0.257 e. The Morgan fingerprint density at radius 2 is 1.85 bits per heavy atom. The molecule has 3 N–H and O–H groups in total. The van der Waals surface area contributed by atoms with Crippen LogP contribution >= 0.6 is 0 Å². The fourth-order valence-electron chi connectivity index (χ4n) is 2.03. The molecule has 0 aliphatic carbocycles. The number of nitrogens with zero attached hydrogens (tertiary/aromatic N) is 2. The number of rotatable bonds is 2. The summed E-state index contributed by atoms with van der Waals surface area (Å²) in [5.74, 6) is -0.263. The summed E-state index contributed by atoms with van der Waals surface area (Å²) in [4.78, 5) is 20.2. The molecule has 0 atom stereocenters. The van der Waals surface area contributed by atoms with Crippen molar-refractivity contribution in [1.29, 1.82) is 0 Å². The lowest BCUT2D eigenvalue weighted by Crippen LogP contribution is -2.14. The predicted octanol–water partition coefficient (Wildman–Crippen LogP) is 2.46. The van der Waals surface area contributed by atoms with Gasteiger partial charge in [-0.15, -0.1) is 0 Å². The minimum Gasteiger partial charge on any atom is -0.397 e. The van der Waals surface area contributed by atoms with Crippen molar-refractivity contribution in [3.8, 4) is 0 Å². The third-order valence-electron chi connectivity index (χ3n) is 3.03. The number of carbonyl (C=O) groups is 1. The van der Waals surface area contributed by atoms with E-state index >= 15 is 0 Å². The molecular weight excluding hydrogens is 252 g/mol. The molecule has 20 heavy (non-hydrogen) atoms. The van der Waals surface area contributed by atoms with Crippen LogP contribution in [0.15, 0.2) is 55.1 Å². The molecule has 1 aromatic carbocycles. The molecule has 3 aromatic rings. The van der Waals surface area contributed by atoms with Crippen LogP contribution in [0.2, 0.25) is 0 Å². The first-order valence-corrected chi connectivity index (χ1v) is 6.09. The number of aromatic nitrogens is 2. The molecule has 5 nitrogen and oxygen atoms in total. The van der Waals surface area contributed by atoms with E-state index in [0.29, 0.717) is 16.9 Å². The fourth-order valence-corrected chi connectivity index (χ4v) is 2.03. The van der Waals surface area contributed by atoms with Gasteiger partial charge in [0.05, 0.1) is 23.1 Å². The van der Waals surface area contributed by atoms with Gasteiger partial charge in [0, 0.05) is 24.0 Å². The molecule has 0 spiro atoms. The van der Waals surface area contributed by atoms with E-state index in [-0.39, 0.29) is 5.91 Å². The number of fused-ring (bicyclic) bond motifs is 1. The van der Waals surface area contributed by atoms with Gasteiger partial charge < -0.3 is 11.1 Å². The zero-order valence-electron chi connectivity index (χ0n) is 10.6. The van der Waals surface area contributed by atoms with Gasteiger partial charge in [0.25, 0.3) is 5.91 Å². The van der Waals surface area contributed by atoms with Crippen molar-refractivity contribution < 1.29 is 4.79 Å². The Morgan fingerprint density at radius 3 is 2.70 bits per heavy atom. The molecule has 0 aliphatic rings. The number of nitrogens with one attached hydrogen (secondary N) is 1. The summed E-state index contributed by atoms with van der Waals surface area (Å²) < 4.78 is 0. The van der Waals surface area contributed by atoms with E-state index in [9.17, 15) is 4.79 Å². The minimum atomic E-state index is -0.263. The van der Waals surface area contributed by atoms with Crippen molar-refractivity contribution in [2.24, 2.45) is 0 Å². The van der Waals surface area contributed by atoms with E-state index in [2.05, 4.69) is 15.3 Å². The maximum atomic E-state index is 12.2. The maximum Gasteiger partial charge on any atom is 0.257 e. The molecule has 0 unspecified atom stereocenters. The number of nitrogens with two attached hydrogens (primary N) is 1. The molecule has 3 rings (SSSR count). The Hall–Kier alpha value is -2.95. The van der Waals surface area contributed by atoms with Gasteiger partial charge in [0.15, 0.2) is 0 Å². The van der Waals surface area contributed by atoms with Crippen LogP contribution in [-0.2, 0) is 0 Å². The molecule has 98 valence electrons. The highest BCUT2D eigenvalue weighted by Gasteiger charge is 2.11. The summed E-state index contributed by atoms with van der Waals surface area (Å²) in [5.41, 5.74) is 7.21. The SMILES string of the molecule is Nc1cnccc1C(=O)Nc1cccc2ccncc12. The second-order valence-corrected chi connectivity index (χ2v) is 4.32. The van der Waals surface area contributed by atoms with Crippen LogP contribution in [0.3, 0.4) is 0 Å². The average molecular weight is 264 g/mol. The highest BCUT2D eigenvalue weighted by molar-refractivity contribution is 6.11. The zero-order chi connectivity index (χ0) is 13.9. The van der Waals surface area contributed by atoms with Crippen LogP contribution in [0.1, 0.15) is 10.4 Å². The summed E-state index contributed by atoms with van der Waals surface area (Å²) in [6.45, 7) is 0. The van der Waals surface area contributed by atoms with Gasteiger partial charge in [0.2, 0.25) is 0 Å². The molecule has 1 amide bonds. The van der Waals surface area contributed by atoms with Crippen LogP contribution in [0, 0.1) is 0 Å². The van der Waals surface area contributed by atoms with E-state index in [4.69, 9.17) is 5.73 Å². The lowest BCUT2D eigenvalue weighted by molar-refractivity contribution is 0.102. The Kier molecular flexibility index (Phi) is 3.01. The van der Waals surface area contributed by atoms with Crippen molar-refractivity contribution in [2.45, 2.75) is 0 Å². The van der Waals surface area contributed by atoms with E-state index in [1.165, 1.54) is 12.4 Å². The first-order chi connectivity index (χ1) is 9.75. The van der Waals surface area contributed by atoms with Crippen molar-refractivity contribution in [3.63, 3.8) is 0 Å². The maximum absolute atomic E-state index is 12.2. The van der Waals surface area contributed by atoms with Gasteiger partial charge in [-0.25, -0.2) is 0 Å². The number of anilines is 2. The number of nitrogen functional groups attached to an aromatic ring is 1. The van der Waals surface area contributed by atoms with Crippen LogP contribution < -0.4 is 11.1 Å². The Bertz CT molecular complexity index is 780. The van der Waals surface area contributed by atoms with E-state index in [1.807, 2.05) is 24.3 Å². The van der Waals surface area contributed by atoms with E-state index < -0.39 is 0 Å². The van der Waals surface area contributed by atoms with Crippen molar-refractivity contribution in [1.82, 2.24) is 9.97 Å². The first-order valence-electron chi connectivity index (χ1n) is 6.09. The van der Waals surface area contributed by atoms with E-state index in [0.717, 1.165) is 10.8 Å². The lowest BCUT2D eigenvalue weighted by atomic mass is 10.1. The zero-order valence-corrected chi connectivity index (χ0v) is 10.6. The van der Waals surface area contributed by atoms with Gasteiger partial charge in [-0.1, -0.05) is 12.1 Å². The third-order valence-corrected chi connectivity index (χ3v) is 3.03. The number of hydrogen-bond acceptors (Lipinski definition) is 4. The summed E-state index contributed by atoms with van der Waals surface area (Å²) >= 11 is 0. The molecule has 0 saturated carbocycles. The Balaban J connectivity index is 1.98. The second-order valence-electron chi connectivity index (χ2n) is 4.32. The number of hydrogen-bond donors (Lipinski definition) is 2. The summed E-state index contributed by atoms with van der Waals surface area (Å²) in [6.07, 6.45) is 6.44. The molecule has 2 aromatic heterocycles. The van der Waals surface area contributed by atoms with Gasteiger partial charge >= 0.3 is 0 Å². The van der Waals surface area contributed by atoms with Crippen molar-refractivity contribution in [3.05, 3.63) is 60.7 Å². The van der Waals surface area contributed by atoms with Crippen LogP contribution in [0.4, 0.5) is 11.4 Å². The molecule has 0 radical (unpaired) electrons. The topological polar surface area (TPSA) is 80.9 Å². The standard InChI is InChI=1S/C15H12N4O/c16-13-9-18-7-5-11(13)15(20)19-14-3-1-2-10-4-6-17-8-12(10)14/h1-9H,16H2,(H,19,20). The number of carbonyl (C=O) groups excluding carboxylic acids is 1. The largest absolute Gasteiger partial charge is 0.397 e. The quantitative estimate of drug-likeness (QED) is 0.745. The highest BCUT2D eigenvalue weighted by atomic mass is 16.1. The summed E-state index contributed by atoms with van der Waals surface area (Å²) in [5, 5.41) is 4.75. The normalized spacial score (nSPS) is 10.4. The second kappa shape index (κ2) is 4.97. The van der Waals surface area contributed by atoms with Gasteiger partial charge in [-0.3, -0.25) is 14.8 Å². The molecule has 5 heteroatoms. The van der Waals surface area contributed by atoms with Crippen molar-refractivity contribution >= 4 is 28.1 Å². The monoisotopic (exact) mass is 264 g/mol. The number of benzene rings is 1. The summed E-state index contributed by atoms with van der Waals surface area (Å²) in [6, 6.07) is 9.17. The molecule has 2 heterocycles. The van der Waals surface area contributed by atoms with Gasteiger partial charge in [0.1, 0.15) is 0 Å². The predicted molar refractivity (Wildman–Crippen MR) is 78.3 cm³/mol. The number of amides is 1. The Morgan fingerprint density at radius 1 is 1.05 bits per heavy atom. The van der Waals surface area contributed by atoms with Gasteiger partial charge in [-0.05, 0) is 23.6 Å².